The van der Waals surface area contributed by atoms with Crippen LogP contribution in [0, 0.1) is 22.7 Å². The molecule has 40 heavy (non-hydrogen) atoms. The summed E-state index contributed by atoms with van der Waals surface area (Å²) in [7, 11) is 0. The lowest BCUT2D eigenvalue weighted by Gasteiger charge is -2.27. The molecule has 1 saturated carbocycles. The van der Waals surface area contributed by atoms with Gasteiger partial charge < -0.3 is 15.2 Å². The summed E-state index contributed by atoms with van der Waals surface area (Å²) in [6, 6.07) is 0. The fourth-order valence-electron chi connectivity index (χ4n) is 5.26. The molecule has 4 N–H and O–H groups in total. The van der Waals surface area contributed by atoms with Gasteiger partial charge in [-0.15, -0.1) is 0 Å². The van der Waals surface area contributed by atoms with Gasteiger partial charge in [0.1, 0.15) is 0 Å². The Kier molecular flexibility index (Phi) is 12.0. The van der Waals surface area contributed by atoms with Crippen molar-refractivity contribution >= 4 is 23.6 Å². The van der Waals surface area contributed by atoms with E-state index in [9.17, 15) is 13.2 Å². The Bertz CT molecular complexity index is 1050. The molecular weight excluding hydrogens is 533 g/mol. The van der Waals surface area contributed by atoms with E-state index in [4.69, 9.17) is 15.9 Å². The van der Waals surface area contributed by atoms with Crippen LogP contribution in [0.5, 0.6) is 0 Å². The predicted octanol–water partition coefficient (Wildman–Crippen LogP) is 8.88. The topological polar surface area (TPSA) is 83.5 Å². The van der Waals surface area contributed by atoms with Crippen LogP contribution >= 0.6 is 11.9 Å². The summed E-state index contributed by atoms with van der Waals surface area (Å²) < 4.78 is 48.0. The van der Waals surface area contributed by atoms with Gasteiger partial charge in [0.05, 0.1) is 12.0 Å². The van der Waals surface area contributed by atoms with Crippen LogP contribution < -0.4 is 10.5 Å². The Balaban J connectivity index is 1.68. The molecule has 0 amide bonds. The van der Waals surface area contributed by atoms with E-state index in [0.29, 0.717) is 5.92 Å². The van der Waals surface area contributed by atoms with Crippen molar-refractivity contribution in [3.8, 4) is 0 Å². The van der Waals surface area contributed by atoms with Gasteiger partial charge in [-0.3, -0.25) is 10.4 Å². The first-order chi connectivity index (χ1) is 19.1. The van der Waals surface area contributed by atoms with Crippen LogP contribution in [0.3, 0.4) is 0 Å². The highest BCUT2D eigenvalue weighted by molar-refractivity contribution is 8.01. The van der Waals surface area contributed by atoms with Crippen molar-refractivity contribution in [1.82, 2.24) is 4.72 Å². The first-order valence-electron chi connectivity index (χ1n) is 14.5. The van der Waals surface area contributed by atoms with Crippen LogP contribution in [0.15, 0.2) is 63.9 Å². The van der Waals surface area contributed by atoms with E-state index in [-0.39, 0.29) is 37.7 Å². The summed E-state index contributed by atoms with van der Waals surface area (Å²) in [5.41, 5.74) is 8.27. The first-order valence-corrected chi connectivity index (χ1v) is 15.4. The number of halogens is 3. The highest BCUT2D eigenvalue weighted by atomic mass is 32.2. The smallest absolute Gasteiger partial charge is 0.394 e. The van der Waals surface area contributed by atoms with Gasteiger partial charge in [-0.25, -0.2) is 0 Å². The molecule has 0 aromatic rings. The highest BCUT2D eigenvalue weighted by Gasteiger charge is 2.62. The second-order valence-corrected chi connectivity index (χ2v) is 12.2. The van der Waals surface area contributed by atoms with Gasteiger partial charge in [-0.2, -0.15) is 13.2 Å². The third-order valence-electron chi connectivity index (χ3n) is 8.17. The third kappa shape index (κ3) is 9.32. The number of aliphatic imine (C=N–C) groups is 1. The van der Waals surface area contributed by atoms with Gasteiger partial charge in [0, 0.05) is 45.8 Å². The third-order valence-corrected chi connectivity index (χ3v) is 9.22. The predicted molar refractivity (Wildman–Crippen MR) is 161 cm³/mol. The molecule has 0 aromatic heterocycles. The van der Waals surface area contributed by atoms with Crippen molar-refractivity contribution in [3.05, 3.63) is 59.0 Å². The van der Waals surface area contributed by atoms with Crippen molar-refractivity contribution in [2.45, 2.75) is 97.1 Å². The molecule has 0 radical (unpaired) electrons. The Hall–Kier alpha value is -2.42. The number of allylic oxidation sites excluding steroid dienone is 5. The largest absolute Gasteiger partial charge is 0.478 e. The van der Waals surface area contributed by atoms with Crippen LogP contribution in [-0.4, -0.2) is 24.4 Å². The van der Waals surface area contributed by atoms with Gasteiger partial charge in [-0.1, -0.05) is 58.1 Å². The number of ether oxygens (including phenoxy) is 1. The van der Waals surface area contributed by atoms with Crippen molar-refractivity contribution in [2.75, 3.05) is 6.61 Å². The number of nitrogens with one attached hydrogen (secondary N) is 2. The minimum atomic E-state index is -4.21. The molecule has 1 fully saturated rings. The monoisotopic (exact) mass is 578 g/mol. The second-order valence-electron chi connectivity index (χ2n) is 11.3. The van der Waals surface area contributed by atoms with E-state index in [2.05, 4.69) is 36.2 Å². The minimum absolute atomic E-state index is 0.100. The van der Waals surface area contributed by atoms with Crippen molar-refractivity contribution < 1.29 is 17.9 Å². The van der Waals surface area contributed by atoms with E-state index < -0.39 is 11.6 Å². The number of alkyl halides is 3. The molecule has 2 bridgehead atoms. The summed E-state index contributed by atoms with van der Waals surface area (Å²) in [4.78, 5) is 5.89. The van der Waals surface area contributed by atoms with E-state index in [1.165, 1.54) is 55.7 Å². The van der Waals surface area contributed by atoms with Gasteiger partial charge in [-0.05, 0) is 75.5 Å². The maximum Gasteiger partial charge on any atom is 0.394 e. The summed E-state index contributed by atoms with van der Waals surface area (Å²) in [5.74, 6) is 0.149. The quantitative estimate of drug-likeness (QED) is 0.173. The Labute approximate surface area is 242 Å². The Morgan fingerprint density at radius 2 is 1.93 bits per heavy atom. The van der Waals surface area contributed by atoms with Gasteiger partial charge in [0.25, 0.3) is 0 Å². The highest BCUT2D eigenvalue weighted by Crippen LogP contribution is 2.59. The zero-order chi connectivity index (χ0) is 29.2. The Morgan fingerprint density at radius 1 is 1.23 bits per heavy atom. The van der Waals surface area contributed by atoms with Crippen LogP contribution in [0.25, 0.3) is 0 Å². The fraction of sp³-hybridized carbons (Fsp3) is 0.613. The maximum absolute atomic E-state index is 13.1. The summed E-state index contributed by atoms with van der Waals surface area (Å²) >= 11 is 1.59. The lowest BCUT2D eigenvalue weighted by Crippen LogP contribution is -2.28. The standard InChI is InChI=1S/C31H45F3N4OS/c1-4-24-12-10-8-6-5-7-9-11-22(2)21-26-27(14-13-25(29(26)36)23(3)38-40-24)37-19-15-28(35)39-20-18-30(16-17-30)31(32,33)34/h4,13-15,19,22,26,35,38H,3,5-12,16-18,20-21,36H2,1-2H3/b19-15-,24-4+,35-28?,37-27?. The van der Waals surface area contributed by atoms with Crippen LogP contribution in [0.2, 0.25) is 0 Å². The summed E-state index contributed by atoms with van der Waals surface area (Å²) in [5, 5.41) is 7.97. The molecule has 2 unspecified atom stereocenters. The van der Waals surface area contributed by atoms with Gasteiger partial charge in [0.2, 0.25) is 5.90 Å². The molecule has 2 aliphatic carbocycles. The van der Waals surface area contributed by atoms with E-state index in [1.54, 1.807) is 11.9 Å². The summed E-state index contributed by atoms with van der Waals surface area (Å²) in [6.07, 6.45) is 15.2. The molecule has 9 heteroatoms. The number of rotatable bonds is 5. The molecule has 0 spiro atoms. The number of hydrogen-bond donors (Lipinski definition) is 3. The zero-order valence-corrected chi connectivity index (χ0v) is 24.7. The van der Waals surface area contributed by atoms with Crippen molar-refractivity contribution in [2.24, 2.45) is 28.0 Å². The van der Waals surface area contributed by atoms with Crippen LogP contribution in [-0.2, 0) is 4.74 Å². The lowest BCUT2D eigenvalue weighted by molar-refractivity contribution is -0.190. The molecular formula is C31H45F3N4OS. The Morgan fingerprint density at radius 3 is 2.60 bits per heavy atom. The normalized spacial score (nSPS) is 27.1. The van der Waals surface area contributed by atoms with Gasteiger partial charge >= 0.3 is 6.18 Å². The van der Waals surface area contributed by atoms with E-state index in [1.807, 2.05) is 12.2 Å². The van der Waals surface area contributed by atoms with Crippen LogP contribution in [0.1, 0.15) is 90.9 Å². The number of nitrogens with zero attached hydrogens (tertiary/aromatic N) is 1. The molecule has 3 aliphatic rings. The molecule has 0 saturated heterocycles. The van der Waals surface area contributed by atoms with E-state index >= 15 is 0 Å². The van der Waals surface area contributed by atoms with E-state index in [0.717, 1.165) is 41.9 Å². The molecule has 1 aliphatic heterocycles. The molecule has 222 valence electrons. The molecule has 0 aromatic carbocycles. The molecule has 5 nitrogen and oxygen atoms in total. The van der Waals surface area contributed by atoms with Crippen molar-refractivity contribution in [3.63, 3.8) is 0 Å². The summed E-state index contributed by atoms with van der Waals surface area (Å²) in [6.45, 7) is 8.43. The first kappa shape index (κ1) is 32.1. The zero-order valence-electron chi connectivity index (χ0n) is 23.9. The number of fused-ring (bicyclic) bond motifs is 1. The average molecular weight is 579 g/mol. The average Bonchev–Trinajstić information content (AvgIpc) is 3.70. The lowest BCUT2D eigenvalue weighted by atomic mass is 9.82. The SMILES string of the molecule is C=C1NS/C(=C/C)CCCCCCCCC(C)CC2C(=N/C=C\C(=N)OCCC3(C(F)(F)F)CC3)C=CC1=C2N. The maximum atomic E-state index is 13.1. The molecule has 2 atom stereocenters. The number of nitrogens with two attached hydrogens (primary N) is 1. The fourth-order valence-corrected chi connectivity index (χ4v) is 5.99. The number of hydrogen-bond acceptors (Lipinski definition) is 6. The molecule has 1 heterocycles. The minimum Gasteiger partial charge on any atom is -0.478 e. The van der Waals surface area contributed by atoms with Crippen LogP contribution in [0.4, 0.5) is 13.2 Å². The van der Waals surface area contributed by atoms with Crippen molar-refractivity contribution in [1.29, 1.82) is 5.41 Å². The second kappa shape index (κ2) is 15.0. The molecule has 3 rings (SSSR count). The van der Waals surface area contributed by atoms with Gasteiger partial charge in [0.15, 0.2) is 0 Å².